The van der Waals surface area contributed by atoms with Gasteiger partial charge in [0.2, 0.25) is 10.0 Å². The molecule has 0 bridgehead atoms. The number of nitrogens with one attached hydrogen (secondary N) is 1. The first-order valence-electron chi connectivity index (χ1n) is 7.38. The highest BCUT2D eigenvalue weighted by Gasteiger charge is 2.28. The van der Waals surface area contributed by atoms with E-state index in [1.54, 1.807) is 18.7 Å². The molecule has 9 heteroatoms. The number of aromatic nitrogens is 1. The van der Waals surface area contributed by atoms with Crippen molar-refractivity contribution in [1.82, 2.24) is 14.4 Å². The fraction of sp³-hybridized carbons (Fsp3) is 0.692. The molecule has 8 nitrogen and oxygen atoms in total. The standard InChI is InChI=1S/C13H22N4O4S/c1-4-11-12(10(3)21-15-11)14-13(18)16-6-8-17(9-7-16)22(19,20)5-2/h4-9H2,1-3H3,(H,14,18). The van der Waals surface area contributed by atoms with Crippen molar-refractivity contribution in [2.45, 2.75) is 27.2 Å². The van der Waals surface area contributed by atoms with Crippen molar-refractivity contribution in [3.63, 3.8) is 0 Å². The fourth-order valence-electron chi connectivity index (χ4n) is 2.36. The summed E-state index contributed by atoms with van der Waals surface area (Å²) in [4.78, 5) is 13.9. The van der Waals surface area contributed by atoms with Gasteiger partial charge < -0.3 is 14.7 Å². The maximum absolute atomic E-state index is 12.3. The Morgan fingerprint density at radius 1 is 1.27 bits per heavy atom. The molecule has 2 amide bonds. The zero-order valence-electron chi connectivity index (χ0n) is 13.1. The van der Waals surface area contributed by atoms with Gasteiger partial charge in [-0.25, -0.2) is 13.2 Å². The number of rotatable bonds is 4. The number of amides is 2. The fourth-order valence-corrected chi connectivity index (χ4v) is 3.44. The van der Waals surface area contributed by atoms with Crippen LogP contribution in [0.25, 0.3) is 0 Å². The van der Waals surface area contributed by atoms with E-state index in [1.165, 1.54) is 4.31 Å². The van der Waals surface area contributed by atoms with Gasteiger partial charge in [0.1, 0.15) is 11.4 Å². The smallest absolute Gasteiger partial charge is 0.322 e. The van der Waals surface area contributed by atoms with E-state index < -0.39 is 10.0 Å². The molecule has 0 unspecified atom stereocenters. The molecule has 0 aromatic carbocycles. The van der Waals surface area contributed by atoms with Crippen LogP contribution < -0.4 is 5.32 Å². The van der Waals surface area contributed by atoms with Crippen molar-refractivity contribution in [3.8, 4) is 0 Å². The second kappa shape index (κ2) is 6.66. The second-order valence-corrected chi connectivity index (χ2v) is 7.39. The Bertz CT molecular complexity index is 632. The van der Waals surface area contributed by atoms with Gasteiger partial charge in [-0.1, -0.05) is 12.1 Å². The van der Waals surface area contributed by atoms with Gasteiger partial charge in [-0.2, -0.15) is 4.31 Å². The van der Waals surface area contributed by atoms with E-state index in [9.17, 15) is 13.2 Å². The summed E-state index contributed by atoms with van der Waals surface area (Å²) in [5.74, 6) is 0.649. The van der Waals surface area contributed by atoms with E-state index in [0.717, 1.165) is 0 Å². The summed E-state index contributed by atoms with van der Waals surface area (Å²) in [6.07, 6.45) is 0.662. The third kappa shape index (κ3) is 3.41. The average Bonchev–Trinajstić information content (AvgIpc) is 2.87. The summed E-state index contributed by atoms with van der Waals surface area (Å²) in [5, 5.41) is 6.70. The lowest BCUT2D eigenvalue weighted by Gasteiger charge is -2.33. The molecule has 1 aliphatic rings. The van der Waals surface area contributed by atoms with Crippen LogP contribution in [0.2, 0.25) is 0 Å². The summed E-state index contributed by atoms with van der Waals surface area (Å²) in [7, 11) is -3.19. The largest absolute Gasteiger partial charge is 0.359 e. The van der Waals surface area contributed by atoms with Gasteiger partial charge in [-0.3, -0.25) is 0 Å². The minimum atomic E-state index is -3.19. The quantitative estimate of drug-likeness (QED) is 0.890. The number of sulfonamides is 1. The van der Waals surface area contributed by atoms with Crippen LogP contribution in [0.15, 0.2) is 4.52 Å². The molecule has 2 rings (SSSR count). The highest BCUT2D eigenvalue weighted by Crippen LogP contribution is 2.21. The minimum Gasteiger partial charge on any atom is -0.359 e. The van der Waals surface area contributed by atoms with Crippen LogP contribution in [0.3, 0.4) is 0 Å². The lowest BCUT2D eigenvalue weighted by Crippen LogP contribution is -2.52. The number of hydrogen-bond donors (Lipinski definition) is 1. The lowest BCUT2D eigenvalue weighted by atomic mass is 10.2. The molecule has 2 heterocycles. The van der Waals surface area contributed by atoms with Gasteiger partial charge in [-0.15, -0.1) is 0 Å². The molecule has 1 N–H and O–H groups in total. The molecule has 0 aliphatic carbocycles. The SMILES string of the molecule is CCc1noc(C)c1NC(=O)N1CCN(S(=O)(=O)CC)CC1. The Hall–Kier alpha value is -1.61. The molecule has 0 spiro atoms. The number of nitrogens with zero attached hydrogens (tertiary/aromatic N) is 3. The van der Waals surface area contributed by atoms with E-state index >= 15 is 0 Å². The van der Waals surface area contributed by atoms with Crippen LogP contribution >= 0.6 is 0 Å². The van der Waals surface area contributed by atoms with Gasteiger partial charge in [0, 0.05) is 26.2 Å². The molecule has 1 aromatic heterocycles. The molecule has 0 radical (unpaired) electrons. The number of anilines is 1. The molecular weight excluding hydrogens is 308 g/mol. The number of aryl methyl sites for hydroxylation is 2. The molecule has 1 aromatic rings. The Morgan fingerprint density at radius 3 is 2.45 bits per heavy atom. The van der Waals surface area contributed by atoms with E-state index in [4.69, 9.17) is 4.52 Å². The van der Waals surface area contributed by atoms with Crippen molar-refractivity contribution in [2.24, 2.45) is 0 Å². The molecule has 1 saturated heterocycles. The van der Waals surface area contributed by atoms with Crippen molar-refractivity contribution in [2.75, 3.05) is 37.2 Å². The summed E-state index contributed by atoms with van der Waals surface area (Å²) in [6, 6.07) is -0.255. The third-order valence-corrected chi connectivity index (χ3v) is 5.67. The molecule has 0 saturated carbocycles. The predicted octanol–water partition coefficient (Wildman–Crippen LogP) is 1.04. The Labute approximate surface area is 130 Å². The predicted molar refractivity (Wildman–Crippen MR) is 82.2 cm³/mol. The highest BCUT2D eigenvalue weighted by atomic mass is 32.2. The topological polar surface area (TPSA) is 95.8 Å². The molecular formula is C13H22N4O4S. The van der Waals surface area contributed by atoms with Crippen LogP contribution in [0, 0.1) is 6.92 Å². The Morgan fingerprint density at radius 2 is 1.91 bits per heavy atom. The third-order valence-electron chi connectivity index (χ3n) is 3.78. The zero-order valence-corrected chi connectivity index (χ0v) is 13.9. The van der Waals surface area contributed by atoms with Gasteiger partial charge in [-0.05, 0) is 20.3 Å². The lowest BCUT2D eigenvalue weighted by molar-refractivity contribution is 0.184. The van der Waals surface area contributed by atoms with Crippen LogP contribution in [-0.2, 0) is 16.4 Å². The molecule has 0 atom stereocenters. The van der Waals surface area contributed by atoms with E-state index in [0.29, 0.717) is 49.7 Å². The average molecular weight is 330 g/mol. The van der Waals surface area contributed by atoms with Crippen molar-refractivity contribution in [3.05, 3.63) is 11.5 Å². The number of urea groups is 1. The number of hydrogen-bond acceptors (Lipinski definition) is 5. The number of piperazine rings is 1. The maximum atomic E-state index is 12.3. The minimum absolute atomic E-state index is 0.0823. The van der Waals surface area contributed by atoms with E-state index in [1.807, 2.05) is 6.92 Å². The van der Waals surface area contributed by atoms with Crippen LogP contribution in [0.4, 0.5) is 10.5 Å². The monoisotopic (exact) mass is 330 g/mol. The van der Waals surface area contributed by atoms with Crippen molar-refractivity contribution < 1.29 is 17.7 Å². The van der Waals surface area contributed by atoms with Gasteiger partial charge in [0.05, 0.1) is 5.75 Å². The maximum Gasteiger partial charge on any atom is 0.322 e. The van der Waals surface area contributed by atoms with E-state index in [-0.39, 0.29) is 11.8 Å². The number of carbonyl (C=O) groups is 1. The van der Waals surface area contributed by atoms with Crippen LogP contribution in [-0.4, -0.2) is 60.7 Å². The normalized spacial score (nSPS) is 16.8. The first kappa shape index (κ1) is 16.8. The Balaban J connectivity index is 1.97. The Kier molecular flexibility index (Phi) is 5.07. The summed E-state index contributed by atoms with van der Waals surface area (Å²) < 4.78 is 30.1. The summed E-state index contributed by atoms with van der Waals surface area (Å²) in [5.41, 5.74) is 1.31. The van der Waals surface area contributed by atoms with Gasteiger partial charge >= 0.3 is 6.03 Å². The van der Waals surface area contributed by atoms with Crippen LogP contribution in [0.1, 0.15) is 25.3 Å². The summed E-state index contributed by atoms with van der Waals surface area (Å²) >= 11 is 0. The van der Waals surface area contributed by atoms with Crippen molar-refractivity contribution in [1.29, 1.82) is 0 Å². The van der Waals surface area contributed by atoms with Crippen molar-refractivity contribution >= 4 is 21.7 Å². The highest BCUT2D eigenvalue weighted by molar-refractivity contribution is 7.89. The molecule has 22 heavy (non-hydrogen) atoms. The summed E-state index contributed by atoms with van der Waals surface area (Å²) in [6.45, 7) is 6.69. The second-order valence-electron chi connectivity index (χ2n) is 5.13. The van der Waals surface area contributed by atoms with Gasteiger partial charge in [0.15, 0.2) is 5.76 Å². The molecule has 1 aliphatic heterocycles. The molecule has 124 valence electrons. The first-order valence-corrected chi connectivity index (χ1v) is 8.98. The van der Waals surface area contributed by atoms with Gasteiger partial charge in [0.25, 0.3) is 0 Å². The first-order chi connectivity index (χ1) is 10.4. The van der Waals surface area contributed by atoms with E-state index in [2.05, 4.69) is 10.5 Å². The zero-order chi connectivity index (χ0) is 16.3. The van der Waals surface area contributed by atoms with Crippen LogP contribution in [0.5, 0.6) is 0 Å². The molecule has 1 fully saturated rings. The number of carbonyl (C=O) groups excluding carboxylic acids is 1.